The van der Waals surface area contributed by atoms with Crippen molar-refractivity contribution in [1.82, 2.24) is 4.90 Å². The van der Waals surface area contributed by atoms with Crippen LogP contribution in [0.2, 0.25) is 5.02 Å². The number of carbonyl (C=O) groups excluding carboxylic acids is 3. The van der Waals surface area contributed by atoms with E-state index in [1.54, 1.807) is 18.2 Å². The third kappa shape index (κ3) is 4.49. The van der Waals surface area contributed by atoms with Gasteiger partial charge in [0, 0.05) is 18.2 Å². The number of fused-ring (bicyclic) bond motifs is 1. The van der Waals surface area contributed by atoms with Crippen LogP contribution < -0.4 is 14.4 Å². The van der Waals surface area contributed by atoms with Crippen LogP contribution in [-0.4, -0.2) is 40.4 Å². The molecule has 2 aliphatic rings. The Balaban J connectivity index is 1.52. The fourth-order valence-corrected chi connectivity index (χ4v) is 4.51. The molecule has 0 saturated carbocycles. The van der Waals surface area contributed by atoms with Gasteiger partial charge in [0.1, 0.15) is 11.1 Å². The van der Waals surface area contributed by atoms with Gasteiger partial charge < -0.3 is 14.4 Å². The van der Waals surface area contributed by atoms with Crippen molar-refractivity contribution >= 4 is 40.7 Å². The highest BCUT2D eigenvalue weighted by atomic mass is 35.5. The Bertz CT molecular complexity index is 1530. The van der Waals surface area contributed by atoms with Gasteiger partial charge in [0.15, 0.2) is 11.5 Å². The summed E-state index contributed by atoms with van der Waals surface area (Å²) >= 11 is 5.92. The zero-order valence-electron chi connectivity index (χ0n) is 19.5. The molecule has 0 bridgehead atoms. The van der Waals surface area contributed by atoms with Gasteiger partial charge in [0.2, 0.25) is 12.7 Å². The lowest BCUT2D eigenvalue weighted by Gasteiger charge is -2.28. The summed E-state index contributed by atoms with van der Waals surface area (Å²) in [6.07, 6.45) is -0.301. The predicted octanol–water partition coefficient (Wildman–Crippen LogP) is 3.82. The second-order valence-corrected chi connectivity index (χ2v) is 8.90. The van der Waals surface area contributed by atoms with Crippen molar-refractivity contribution in [2.24, 2.45) is 0 Å². The third-order valence-corrected chi connectivity index (χ3v) is 6.51. The molecule has 0 N–H and O–H groups in total. The Morgan fingerprint density at radius 1 is 1.11 bits per heavy atom. The van der Waals surface area contributed by atoms with Crippen LogP contribution in [0.1, 0.15) is 27.9 Å². The van der Waals surface area contributed by atoms with Gasteiger partial charge in [-0.15, -0.1) is 0 Å². The molecule has 5 rings (SSSR count). The van der Waals surface area contributed by atoms with Crippen LogP contribution in [0.15, 0.2) is 60.7 Å². The lowest BCUT2D eigenvalue weighted by molar-refractivity contribution is -0.384. The van der Waals surface area contributed by atoms with E-state index in [-0.39, 0.29) is 36.0 Å². The van der Waals surface area contributed by atoms with Crippen LogP contribution in [0, 0.1) is 21.4 Å². The Labute approximate surface area is 220 Å². The lowest BCUT2D eigenvalue weighted by Crippen LogP contribution is -2.45. The number of hydrogen-bond acceptors (Lipinski definition) is 8. The monoisotopic (exact) mass is 532 g/mol. The molecular formula is C26H17ClN4O7. The van der Waals surface area contributed by atoms with Gasteiger partial charge in [-0.2, -0.15) is 5.26 Å². The maximum atomic E-state index is 13.7. The molecule has 1 atom stereocenters. The minimum Gasteiger partial charge on any atom is -0.454 e. The van der Waals surface area contributed by atoms with Crippen LogP contribution in [0.5, 0.6) is 11.5 Å². The first-order chi connectivity index (χ1) is 18.3. The molecule has 2 aliphatic heterocycles. The Hall–Kier alpha value is -4.95. The normalized spacial score (nSPS) is 15.9. The van der Waals surface area contributed by atoms with E-state index in [1.807, 2.05) is 6.07 Å². The molecule has 3 aromatic rings. The van der Waals surface area contributed by atoms with E-state index >= 15 is 0 Å². The average molecular weight is 533 g/mol. The largest absolute Gasteiger partial charge is 0.454 e. The van der Waals surface area contributed by atoms with Gasteiger partial charge in [-0.05, 0) is 54.1 Å². The van der Waals surface area contributed by atoms with E-state index in [2.05, 4.69) is 0 Å². The van der Waals surface area contributed by atoms with Gasteiger partial charge in [0.25, 0.3) is 17.5 Å². The lowest BCUT2D eigenvalue weighted by atomic mass is 10.1. The highest BCUT2D eigenvalue weighted by Crippen LogP contribution is 2.34. The number of carbonyl (C=O) groups is 3. The summed E-state index contributed by atoms with van der Waals surface area (Å²) in [6.45, 7) is -0.0537. The molecule has 0 aromatic heterocycles. The molecule has 11 nitrogen and oxygen atoms in total. The van der Waals surface area contributed by atoms with Crippen molar-refractivity contribution in [2.45, 2.75) is 19.0 Å². The fraction of sp³-hybridized carbons (Fsp3) is 0.154. The van der Waals surface area contributed by atoms with Crippen molar-refractivity contribution < 1.29 is 28.8 Å². The van der Waals surface area contributed by atoms with E-state index in [9.17, 15) is 24.5 Å². The number of nitriles is 1. The minimum atomic E-state index is -1.19. The first kappa shape index (κ1) is 24.7. The van der Waals surface area contributed by atoms with E-state index in [0.29, 0.717) is 22.6 Å². The molecule has 3 amide bonds. The van der Waals surface area contributed by atoms with Gasteiger partial charge >= 0.3 is 0 Å². The predicted molar refractivity (Wildman–Crippen MR) is 133 cm³/mol. The van der Waals surface area contributed by atoms with Crippen molar-refractivity contribution in [2.75, 3.05) is 11.7 Å². The summed E-state index contributed by atoms with van der Waals surface area (Å²) < 4.78 is 10.7. The Morgan fingerprint density at radius 2 is 1.84 bits per heavy atom. The van der Waals surface area contributed by atoms with E-state index in [1.165, 1.54) is 41.3 Å². The summed E-state index contributed by atoms with van der Waals surface area (Å²) in [5, 5.41) is 20.3. The number of halogens is 1. The van der Waals surface area contributed by atoms with Gasteiger partial charge in [-0.1, -0.05) is 17.7 Å². The summed E-state index contributed by atoms with van der Waals surface area (Å²) in [5.41, 5.74) is 0.670. The molecule has 1 unspecified atom stereocenters. The number of nitro groups is 1. The molecule has 0 spiro atoms. The number of hydrogen-bond donors (Lipinski definition) is 0. The number of ether oxygens (including phenoxy) is 2. The summed E-state index contributed by atoms with van der Waals surface area (Å²) in [6, 6.07) is 15.3. The van der Waals surface area contributed by atoms with Crippen LogP contribution in [0.4, 0.5) is 11.4 Å². The molecule has 38 heavy (non-hydrogen) atoms. The number of imide groups is 1. The summed E-state index contributed by atoms with van der Waals surface area (Å²) in [5.74, 6) is -0.882. The second-order valence-electron chi connectivity index (χ2n) is 8.49. The van der Waals surface area contributed by atoms with Gasteiger partial charge in [-0.25, -0.2) is 4.90 Å². The van der Waals surface area contributed by atoms with Crippen LogP contribution in [0.25, 0.3) is 0 Å². The molecule has 0 aliphatic carbocycles. The summed E-state index contributed by atoms with van der Waals surface area (Å²) in [7, 11) is 0. The quantitative estimate of drug-likeness (QED) is 0.265. The highest BCUT2D eigenvalue weighted by Gasteiger charge is 2.44. The number of amides is 3. The van der Waals surface area contributed by atoms with Gasteiger partial charge in [-0.3, -0.25) is 24.5 Å². The molecule has 1 fully saturated rings. The maximum Gasteiger partial charge on any atom is 0.288 e. The maximum absolute atomic E-state index is 13.7. The van der Waals surface area contributed by atoms with E-state index in [0.717, 1.165) is 11.0 Å². The molecular weight excluding hydrogens is 516 g/mol. The first-order valence-corrected chi connectivity index (χ1v) is 11.6. The fourth-order valence-electron chi connectivity index (χ4n) is 4.33. The third-order valence-electron chi connectivity index (χ3n) is 6.19. The Morgan fingerprint density at radius 3 is 2.55 bits per heavy atom. The van der Waals surface area contributed by atoms with E-state index < -0.39 is 34.4 Å². The second kappa shape index (κ2) is 9.84. The van der Waals surface area contributed by atoms with Crippen molar-refractivity contribution in [3.63, 3.8) is 0 Å². The van der Waals surface area contributed by atoms with Crippen LogP contribution >= 0.6 is 11.6 Å². The number of anilines is 1. The SMILES string of the molecule is N#Cc1ccc(N2C(=O)CC(N(Cc3ccc4c(c3)OCO4)C(=O)c3ccc(Cl)c([N+](=O)[O-])c3)C2=O)cc1. The van der Waals surface area contributed by atoms with Gasteiger partial charge in [0.05, 0.1) is 28.7 Å². The van der Waals surface area contributed by atoms with Crippen molar-refractivity contribution in [3.05, 3.63) is 92.5 Å². The smallest absolute Gasteiger partial charge is 0.288 e. The van der Waals surface area contributed by atoms with E-state index in [4.69, 9.17) is 26.3 Å². The zero-order valence-corrected chi connectivity index (χ0v) is 20.3. The molecule has 3 aromatic carbocycles. The molecule has 0 radical (unpaired) electrons. The highest BCUT2D eigenvalue weighted by molar-refractivity contribution is 6.32. The topological polar surface area (TPSA) is 143 Å². The standard InChI is InChI=1S/C26H17ClN4O7/c27-19-7-4-17(10-20(19)31(35)36)25(33)29(13-16-3-8-22-23(9-16)38-14-37-22)21-11-24(32)30(26(21)34)18-5-1-15(12-28)2-6-18/h1-10,21H,11,13-14H2. The number of rotatable bonds is 6. The summed E-state index contributed by atoms with van der Waals surface area (Å²) in [4.78, 5) is 53.1. The van der Waals surface area contributed by atoms with Crippen molar-refractivity contribution in [1.29, 1.82) is 5.26 Å². The minimum absolute atomic E-state index is 0.0467. The number of benzene rings is 3. The Kier molecular flexibility index (Phi) is 6.40. The average Bonchev–Trinajstić information content (AvgIpc) is 3.50. The number of nitrogens with zero attached hydrogens (tertiary/aromatic N) is 4. The molecule has 1 saturated heterocycles. The molecule has 2 heterocycles. The van der Waals surface area contributed by atoms with Crippen LogP contribution in [-0.2, 0) is 16.1 Å². The van der Waals surface area contributed by atoms with Crippen LogP contribution in [0.3, 0.4) is 0 Å². The van der Waals surface area contributed by atoms with Crippen molar-refractivity contribution in [3.8, 4) is 17.6 Å². The first-order valence-electron chi connectivity index (χ1n) is 11.3. The number of nitro benzene ring substituents is 1. The zero-order chi connectivity index (χ0) is 27.0. The molecule has 12 heteroatoms. The molecule has 190 valence electrons.